The quantitative estimate of drug-likeness (QED) is 0.683. The molecule has 0 saturated carbocycles. The van der Waals surface area contributed by atoms with Crippen LogP contribution in [0.4, 0.5) is 11.5 Å². The molecule has 0 bridgehead atoms. The first-order valence-corrected chi connectivity index (χ1v) is 8.33. The second-order valence-corrected chi connectivity index (χ2v) is 6.89. The first kappa shape index (κ1) is 14.6. The van der Waals surface area contributed by atoms with Crippen LogP contribution in [-0.4, -0.2) is 39.7 Å². The molecule has 0 aliphatic carbocycles. The van der Waals surface area contributed by atoms with Gasteiger partial charge in [0.15, 0.2) is 0 Å². The van der Waals surface area contributed by atoms with Gasteiger partial charge in [-0.2, -0.15) is 11.8 Å². The van der Waals surface area contributed by atoms with E-state index in [1.807, 2.05) is 18.7 Å². The Bertz CT molecular complexity index is 546. The lowest BCUT2D eigenvalue weighted by atomic mass is 9.90. The van der Waals surface area contributed by atoms with Crippen LogP contribution >= 0.6 is 11.8 Å². The number of anilines is 1. The number of ether oxygens (including phenoxy) is 1. The standard InChI is InChI=1S/C14H19N3O3S/c1-10-6-12(17(18)19)8-15-13(10)16-11-2-4-20-14(7-11)3-5-21-9-14/h6,8,11H,2-5,7,9H2,1H3,(H,15,16)/t11-,14+/m1/s1. The van der Waals surface area contributed by atoms with Crippen LogP contribution in [-0.2, 0) is 4.74 Å². The number of nitrogens with one attached hydrogen (secondary N) is 1. The number of rotatable bonds is 3. The summed E-state index contributed by atoms with van der Waals surface area (Å²) in [4.78, 5) is 14.5. The molecule has 1 aromatic heterocycles. The molecule has 2 aliphatic heterocycles. The van der Waals surface area contributed by atoms with E-state index in [2.05, 4.69) is 10.3 Å². The summed E-state index contributed by atoms with van der Waals surface area (Å²) in [6, 6.07) is 1.89. The molecule has 1 N–H and O–H groups in total. The SMILES string of the molecule is Cc1cc([N+](=O)[O-])cnc1N[C@@H]1CCO[C@@]2(CCSC2)C1. The predicted octanol–water partition coefficient (Wildman–Crippen LogP) is 2.76. The van der Waals surface area contributed by atoms with Crippen molar-refractivity contribution in [2.75, 3.05) is 23.4 Å². The zero-order chi connectivity index (χ0) is 14.9. The third-order valence-corrected chi connectivity index (χ3v) is 5.40. The van der Waals surface area contributed by atoms with Gasteiger partial charge in [0.1, 0.15) is 12.0 Å². The molecule has 2 aliphatic rings. The maximum atomic E-state index is 10.8. The lowest BCUT2D eigenvalue weighted by molar-refractivity contribution is -0.385. The molecule has 3 rings (SSSR count). The maximum absolute atomic E-state index is 10.8. The Balaban J connectivity index is 1.70. The van der Waals surface area contributed by atoms with Gasteiger partial charge in [0.2, 0.25) is 0 Å². The van der Waals surface area contributed by atoms with Crippen molar-refractivity contribution >= 4 is 23.3 Å². The fourth-order valence-electron chi connectivity index (χ4n) is 3.02. The van der Waals surface area contributed by atoms with E-state index in [0.717, 1.165) is 43.0 Å². The molecule has 0 unspecified atom stereocenters. The zero-order valence-corrected chi connectivity index (χ0v) is 12.8. The highest BCUT2D eigenvalue weighted by molar-refractivity contribution is 7.99. The fraction of sp³-hybridized carbons (Fsp3) is 0.643. The maximum Gasteiger partial charge on any atom is 0.287 e. The summed E-state index contributed by atoms with van der Waals surface area (Å²) < 4.78 is 6.00. The van der Waals surface area contributed by atoms with Crippen molar-refractivity contribution in [3.8, 4) is 0 Å². The highest BCUT2D eigenvalue weighted by Crippen LogP contribution is 2.39. The molecule has 1 aromatic rings. The molecule has 0 radical (unpaired) electrons. The van der Waals surface area contributed by atoms with Crippen LogP contribution in [0.15, 0.2) is 12.3 Å². The molecule has 3 heterocycles. The Morgan fingerprint density at radius 2 is 2.48 bits per heavy atom. The molecule has 7 heteroatoms. The topological polar surface area (TPSA) is 77.3 Å². The highest BCUT2D eigenvalue weighted by atomic mass is 32.2. The normalized spacial score (nSPS) is 28.7. The van der Waals surface area contributed by atoms with Crippen LogP contribution < -0.4 is 5.32 Å². The van der Waals surface area contributed by atoms with E-state index in [-0.39, 0.29) is 11.3 Å². The Morgan fingerprint density at radius 3 is 3.14 bits per heavy atom. The molecule has 1 spiro atoms. The molecule has 0 aromatic carbocycles. The van der Waals surface area contributed by atoms with Gasteiger partial charge in [0.25, 0.3) is 5.69 Å². The molecule has 2 saturated heterocycles. The van der Waals surface area contributed by atoms with Crippen molar-refractivity contribution in [1.82, 2.24) is 4.98 Å². The van der Waals surface area contributed by atoms with Gasteiger partial charge in [-0.1, -0.05) is 0 Å². The van der Waals surface area contributed by atoms with Crippen molar-refractivity contribution in [2.24, 2.45) is 0 Å². The second kappa shape index (κ2) is 5.81. The van der Waals surface area contributed by atoms with Gasteiger partial charge in [-0.15, -0.1) is 0 Å². The summed E-state index contributed by atoms with van der Waals surface area (Å²) >= 11 is 1.95. The van der Waals surface area contributed by atoms with Gasteiger partial charge in [0, 0.05) is 24.5 Å². The van der Waals surface area contributed by atoms with Gasteiger partial charge < -0.3 is 10.1 Å². The van der Waals surface area contributed by atoms with E-state index < -0.39 is 4.92 Å². The minimum absolute atomic E-state index is 0.0231. The third kappa shape index (κ3) is 3.13. The largest absolute Gasteiger partial charge is 0.374 e. The first-order chi connectivity index (χ1) is 10.1. The number of hydrogen-bond acceptors (Lipinski definition) is 6. The Kier molecular flexibility index (Phi) is 4.03. The summed E-state index contributed by atoms with van der Waals surface area (Å²) in [5, 5.41) is 14.2. The number of hydrogen-bond donors (Lipinski definition) is 1. The summed E-state index contributed by atoms with van der Waals surface area (Å²) in [5.74, 6) is 2.98. The lowest BCUT2D eigenvalue weighted by Gasteiger charge is -2.38. The van der Waals surface area contributed by atoms with Gasteiger partial charge >= 0.3 is 0 Å². The number of pyridine rings is 1. The van der Waals surface area contributed by atoms with E-state index in [9.17, 15) is 10.1 Å². The molecule has 114 valence electrons. The van der Waals surface area contributed by atoms with Crippen LogP contribution in [0.3, 0.4) is 0 Å². The number of nitrogens with zero attached hydrogens (tertiary/aromatic N) is 2. The number of aromatic nitrogens is 1. The Hall–Kier alpha value is -1.34. The summed E-state index contributed by atoms with van der Waals surface area (Å²) in [6.45, 7) is 2.62. The predicted molar refractivity (Wildman–Crippen MR) is 82.9 cm³/mol. The zero-order valence-electron chi connectivity index (χ0n) is 12.0. The second-order valence-electron chi connectivity index (χ2n) is 5.78. The van der Waals surface area contributed by atoms with Crippen molar-refractivity contribution in [1.29, 1.82) is 0 Å². The molecular formula is C14H19N3O3S. The van der Waals surface area contributed by atoms with E-state index in [4.69, 9.17) is 4.74 Å². The smallest absolute Gasteiger partial charge is 0.287 e. The third-order valence-electron chi connectivity index (χ3n) is 4.18. The lowest BCUT2D eigenvalue weighted by Crippen LogP contribution is -2.44. The fourth-order valence-corrected chi connectivity index (χ4v) is 4.40. The summed E-state index contributed by atoms with van der Waals surface area (Å²) in [7, 11) is 0. The minimum atomic E-state index is -0.414. The van der Waals surface area contributed by atoms with E-state index in [1.54, 1.807) is 6.07 Å². The molecule has 2 fully saturated rings. The number of nitro groups is 1. The summed E-state index contributed by atoms with van der Waals surface area (Å²) in [6.07, 6.45) is 4.36. The van der Waals surface area contributed by atoms with Gasteiger partial charge in [0.05, 0.1) is 10.5 Å². The van der Waals surface area contributed by atoms with Crippen LogP contribution in [0.2, 0.25) is 0 Å². The molecule has 6 nitrogen and oxygen atoms in total. The van der Waals surface area contributed by atoms with Crippen LogP contribution in [0, 0.1) is 17.0 Å². The average molecular weight is 309 g/mol. The van der Waals surface area contributed by atoms with Crippen molar-refractivity contribution < 1.29 is 9.66 Å². The summed E-state index contributed by atoms with van der Waals surface area (Å²) in [5.41, 5.74) is 0.870. The van der Waals surface area contributed by atoms with Crippen LogP contribution in [0.1, 0.15) is 24.8 Å². The van der Waals surface area contributed by atoms with E-state index in [0.29, 0.717) is 6.04 Å². The van der Waals surface area contributed by atoms with Gasteiger partial charge in [-0.25, -0.2) is 4.98 Å². The molecule has 0 amide bonds. The monoisotopic (exact) mass is 309 g/mol. The van der Waals surface area contributed by atoms with Crippen LogP contribution in [0.25, 0.3) is 0 Å². The average Bonchev–Trinajstić information content (AvgIpc) is 2.89. The van der Waals surface area contributed by atoms with Crippen molar-refractivity contribution in [3.63, 3.8) is 0 Å². The first-order valence-electron chi connectivity index (χ1n) is 7.17. The molecule has 21 heavy (non-hydrogen) atoms. The number of aryl methyl sites for hydroxylation is 1. The van der Waals surface area contributed by atoms with Crippen molar-refractivity contribution in [2.45, 2.75) is 37.8 Å². The Labute approximate surface area is 127 Å². The van der Waals surface area contributed by atoms with Gasteiger partial charge in [-0.05, 0) is 37.5 Å². The minimum Gasteiger partial charge on any atom is -0.374 e. The van der Waals surface area contributed by atoms with Crippen molar-refractivity contribution in [3.05, 3.63) is 27.9 Å². The molecular weight excluding hydrogens is 290 g/mol. The van der Waals surface area contributed by atoms with Gasteiger partial charge in [-0.3, -0.25) is 10.1 Å². The van der Waals surface area contributed by atoms with Crippen LogP contribution in [0.5, 0.6) is 0 Å². The van der Waals surface area contributed by atoms with E-state index in [1.165, 1.54) is 11.9 Å². The van der Waals surface area contributed by atoms with E-state index >= 15 is 0 Å². The highest BCUT2D eigenvalue weighted by Gasteiger charge is 2.40. The Morgan fingerprint density at radius 1 is 1.62 bits per heavy atom. The number of thioether (sulfide) groups is 1. The molecule has 2 atom stereocenters.